The van der Waals surface area contributed by atoms with Gasteiger partial charge in [0.1, 0.15) is 6.23 Å². The van der Waals surface area contributed by atoms with Crippen molar-refractivity contribution < 1.29 is 13.2 Å². The van der Waals surface area contributed by atoms with Crippen LogP contribution >= 0.6 is 0 Å². The number of hydrogen-bond acceptors (Lipinski definition) is 3. The Kier molecular flexibility index (Phi) is 3.73. The van der Waals surface area contributed by atoms with Crippen LogP contribution in [0.2, 0.25) is 0 Å². The van der Waals surface area contributed by atoms with Crippen molar-refractivity contribution in [2.45, 2.75) is 38.3 Å². The summed E-state index contributed by atoms with van der Waals surface area (Å²) in [6, 6.07) is 6.94. The van der Waals surface area contributed by atoms with Crippen LogP contribution in [0, 0.1) is 12.3 Å². The Morgan fingerprint density at radius 3 is 2.37 bits per heavy atom. The Morgan fingerprint density at radius 2 is 1.84 bits per heavy atom. The number of rotatable bonds is 3. The molecule has 4 nitrogen and oxygen atoms in total. The highest BCUT2D eigenvalue weighted by Gasteiger charge is 2.44. The smallest absolute Gasteiger partial charge is 0.245 e. The third-order valence-electron chi connectivity index (χ3n) is 3.53. The lowest BCUT2D eigenvalue weighted by atomic mass is 9.93. The lowest BCUT2D eigenvalue weighted by Crippen LogP contribution is -2.37. The van der Waals surface area contributed by atoms with Gasteiger partial charge in [-0.05, 0) is 30.9 Å². The monoisotopic (exact) mass is 283 g/mol. The maximum Gasteiger partial charge on any atom is 0.245 e. The number of hydrogen-bond donors (Lipinski definition) is 0. The van der Waals surface area contributed by atoms with Crippen LogP contribution in [0.25, 0.3) is 0 Å². The van der Waals surface area contributed by atoms with Gasteiger partial charge in [-0.3, -0.25) is 0 Å². The molecule has 0 bridgehead atoms. The van der Waals surface area contributed by atoms with E-state index in [-0.39, 0.29) is 11.6 Å². The van der Waals surface area contributed by atoms with Gasteiger partial charge in [-0.2, -0.15) is 4.31 Å². The van der Waals surface area contributed by atoms with Crippen molar-refractivity contribution in [3.8, 4) is 0 Å². The number of nitrogens with zero attached hydrogens (tertiary/aromatic N) is 1. The van der Waals surface area contributed by atoms with Crippen LogP contribution in [0.1, 0.15) is 25.8 Å². The third kappa shape index (κ3) is 2.83. The predicted octanol–water partition coefficient (Wildman–Crippen LogP) is 2.39. The Morgan fingerprint density at radius 1 is 1.26 bits per heavy atom. The lowest BCUT2D eigenvalue weighted by Gasteiger charge is -2.23. The van der Waals surface area contributed by atoms with Gasteiger partial charge in [-0.25, -0.2) is 8.42 Å². The van der Waals surface area contributed by atoms with E-state index in [1.54, 1.807) is 19.2 Å². The van der Waals surface area contributed by atoms with Gasteiger partial charge in [0.15, 0.2) is 0 Å². The van der Waals surface area contributed by atoms with Gasteiger partial charge in [0.05, 0.1) is 4.90 Å². The second-order valence-corrected chi connectivity index (χ2v) is 7.81. The summed E-state index contributed by atoms with van der Waals surface area (Å²) in [5.41, 5.74) is 0.988. The van der Waals surface area contributed by atoms with E-state index in [2.05, 4.69) is 13.8 Å². The highest BCUT2D eigenvalue weighted by Crippen LogP contribution is 2.37. The van der Waals surface area contributed by atoms with E-state index < -0.39 is 10.0 Å². The maximum absolute atomic E-state index is 12.6. The van der Waals surface area contributed by atoms with Crippen LogP contribution in [0.5, 0.6) is 0 Å². The fourth-order valence-electron chi connectivity index (χ4n) is 2.45. The molecule has 1 aliphatic rings. The van der Waals surface area contributed by atoms with Gasteiger partial charge in [0.25, 0.3) is 0 Å². The zero-order chi connectivity index (χ0) is 14.3. The molecule has 2 rings (SSSR count). The van der Waals surface area contributed by atoms with E-state index in [0.717, 1.165) is 5.56 Å². The Labute approximate surface area is 115 Å². The average Bonchev–Trinajstić information content (AvgIpc) is 2.66. The molecule has 1 aliphatic heterocycles. The molecule has 19 heavy (non-hydrogen) atoms. The molecular weight excluding hydrogens is 262 g/mol. The Bertz CT molecular complexity index is 549. The van der Waals surface area contributed by atoms with Crippen molar-refractivity contribution in [2.75, 3.05) is 13.7 Å². The van der Waals surface area contributed by atoms with Gasteiger partial charge < -0.3 is 4.74 Å². The number of aryl methyl sites for hydroxylation is 1. The molecule has 1 heterocycles. The minimum absolute atomic E-state index is 0.0571. The Balaban J connectivity index is 2.36. The highest BCUT2D eigenvalue weighted by atomic mass is 32.2. The van der Waals surface area contributed by atoms with Crippen molar-refractivity contribution in [1.29, 1.82) is 0 Å². The van der Waals surface area contributed by atoms with Crippen molar-refractivity contribution in [1.82, 2.24) is 4.31 Å². The summed E-state index contributed by atoms with van der Waals surface area (Å²) < 4.78 is 32.1. The van der Waals surface area contributed by atoms with E-state index >= 15 is 0 Å². The van der Waals surface area contributed by atoms with Crippen LogP contribution in [0.4, 0.5) is 0 Å². The lowest BCUT2D eigenvalue weighted by molar-refractivity contribution is 0.0384. The fraction of sp³-hybridized carbons (Fsp3) is 0.571. The van der Waals surface area contributed by atoms with Crippen LogP contribution in [-0.2, 0) is 14.8 Å². The second-order valence-electron chi connectivity index (χ2n) is 5.92. The first-order valence-corrected chi connectivity index (χ1v) is 7.82. The van der Waals surface area contributed by atoms with E-state index in [4.69, 9.17) is 4.74 Å². The van der Waals surface area contributed by atoms with Gasteiger partial charge in [0.2, 0.25) is 10.0 Å². The van der Waals surface area contributed by atoms with Crippen LogP contribution in [0.3, 0.4) is 0 Å². The first-order valence-electron chi connectivity index (χ1n) is 6.38. The molecule has 1 aromatic rings. The van der Waals surface area contributed by atoms with Gasteiger partial charge in [-0.15, -0.1) is 0 Å². The quantitative estimate of drug-likeness (QED) is 0.855. The molecule has 0 saturated carbocycles. The van der Waals surface area contributed by atoms with Crippen molar-refractivity contribution in [3.05, 3.63) is 29.8 Å². The van der Waals surface area contributed by atoms with E-state index in [1.807, 2.05) is 19.1 Å². The summed E-state index contributed by atoms with van der Waals surface area (Å²) in [4.78, 5) is 0.331. The first kappa shape index (κ1) is 14.5. The molecule has 5 heteroatoms. The van der Waals surface area contributed by atoms with Crippen molar-refractivity contribution in [3.63, 3.8) is 0 Å². The summed E-state index contributed by atoms with van der Waals surface area (Å²) in [5.74, 6) is 0. The highest BCUT2D eigenvalue weighted by molar-refractivity contribution is 7.89. The van der Waals surface area contributed by atoms with Crippen LogP contribution < -0.4 is 0 Å². The van der Waals surface area contributed by atoms with Gasteiger partial charge in [-0.1, -0.05) is 31.5 Å². The maximum atomic E-state index is 12.6. The largest absolute Gasteiger partial charge is 0.365 e. The molecule has 0 aliphatic carbocycles. The zero-order valence-electron chi connectivity index (χ0n) is 11.9. The second kappa shape index (κ2) is 4.89. The van der Waals surface area contributed by atoms with Crippen molar-refractivity contribution in [2.24, 2.45) is 5.41 Å². The molecule has 0 unspecified atom stereocenters. The number of ether oxygens (including phenoxy) is 1. The van der Waals surface area contributed by atoms with Crippen LogP contribution in [0.15, 0.2) is 29.2 Å². The summed E-state index contributed by atoms with van der Waals surface area (Å²) in [7, 11) is -1.92. The normalized spacial score (nSPS) is 23.7. The molecule has 0 spiro atoms. The first-order chi connectivity index (χ1) is 8.76. The van der Waals surface area contributed by atoms with E-state index in [0.29, 0.717) is 17.9 Å². The molecular formula is C14H21NO3S. The Hall–Kier alpha value is -0.910. The summed E-state index contributed by atoms with van der Waals surface area (Å²) in [6.07, 6.45) is 0.343. The van der Waals surface area contributed by atoms with Gasteiger partial charge in [0, 0.05) is 13.7 Å². The molecule has 1 fully saturated rings. The SMILES string of the molecule is CO[C@@H]1CC(C)(C)CN1S(=O)(=O)c1ccc(C)cc1. The van der Waals surface area contributed by atoms with E-state index in [9.17, 15) is 8.42 Å². The van der Waals surface area contributed by atoms with Crippen molar-refractivity contribution >= 4 is 10.0 Å². The molecule has 0 radical (unpaired) electrons. The minimum atomic E-state index is -3.48. The average molecular weight is 283 g/mol. The fourth-order valence-corrected chi connectivity index (χ4v) is 4.19. The number of methoxy groups -OCH3 is 1. The molecule has 0 amide bonds. The topological polar surface area (TPSA) is 46.6 Å². The summed E-state index contributed by atoms with van der Waals surface area (Å²) >= 11 is 0. The number of sulfonamides is 1. The standard InChI is InChI=1S/C14H21NO3S/c1-11-5-7-12(8-6-11)19(16,17)15-10-14(2,3)9-13(15)18-4/h5-8,13H,9-10H2,1-4H3/t13-/m1/s1. The van der Waals surface area contributed by atoms with Crippen LogP contribution in [-0.4, -0.2) is 32.6 Å². The number of benzene rings is 1. The molecule has 0 aromatic heterocycles. The van der Waals surface area contributed by atoms with E-state index in [1.165, 1.54) is 4.31 Å². The van der Waals surface area contributed by atoms with Gasteiger partial charge >= 0.3 is 0 Å². The predicted molar refractivity (Wildman–Crippen MR) is 74.3 cm³/mol. The minimum Gasteiger partial charge on any atom is -0.365 e. The summed E-state index contributed by atoms with van der Waals surface area (Å²) in [6.45, 7) is 6.54. The molecule has 106 valence electrons. The molecule has 1 saturated heterocycles. The zero-order valence-corrected chi connectivity index (χ0v) is 12.7. The summed E-state index contributed by atoms with van der Waals surface area (Å²) in [5, 5.41) is 0. The molecule has 1 aromatic carbocycles. The molecule has 0 N–H and O–H groups in total. The molecule has 1 atom stereocenters. The third-order valence-corrected chi connectivity index (χ3v) is 5.38.